The van der Waals surface area contributed by atoms with Crippen LogP contribution in [0.2, 0.25) is 0 Å². The molecule has 114 valence electrons. The molecule has 0 amide bonds. The Hall–Kier alpha value is -0.0800. The maximum absolute atomic E-state index is 11.1. The molecule has 20 heavy (non-hydrogen) atoms. The molecule has 0 radical (unpaired) electrons. The number of aliphatic hydroxyl groups excluding tert-OH is 1. The summed E-state index contributed by atoms with van der Waals surface area (Å²) in [7, 11) is 0. The second-order valence-electron chi connectivity index (χ2n) is 8.19. The molecule has 0 aromatic rings. The first-order valence-electron chi connectivity index (χ1n) is 9.21. The lowest BCUT2D eigenvalue weighted by atomic mass is 9.78. The van der Waals surface area contributed by atoms with Crippen molar-refractivity contribution in [2.75, 3.05) is 13.1 Å². The average Bonchev–Trinajstić information content (AvgIpc) is 3.22. The topological polar surface area (TPSA) is 23.5 Å². The molecule has 4 fully saturated rings. The molecule has 2 nitrogen and oxygen atoms in total. The van der Waals surface area contributed by atoms with Gasteiger partial charge < -0.3 is 5.11 Å². The molecule has 4 rings (SSSR count). The van der Waals surface area contributed by atoms with Gasteiger partial charge in [-0.05, 0) is 82.2 Å². The van der Waals surface area contributed by atoms with Crippen LogP contribution in [0.5, 0.6) is 0 Å². The van der Waals surface area contributed by atoms with Crippen molar-refractivity contribution >= 4 is 0 Å². The van der Waals surface area contributed by atoms with E-state index >= 15 is 0 Å². The van der Waals surface area contributed by atoms with E-state index in [0.717, 1.165) is 24.2 Å². The fraction of sp³-hybridized carbons (Fsp3) is 1.00. The summed E-state index contributed by atoms with van der Waals surface area (Å²) < 4.78 is 0. The van der Waals surface area contributed by atoms with Crippen LogP contribution in [0.4, 0.5) is 0 Å². The SMILES string of the molecule is OC(CC1CC2CCC1C2)C1(N2CCCC2)CCCC1. The highest BCUT2D eigenvalue weighted by molar-refractivity contribution is 5.03. The van der Waals surface area contributed by atoms with Crippen molar-refractivity contribution in [3.63, 3.8) is 0 Å². The number of rotatable bonds is 4. The Kier molecular flexibility index (Phi) is 3.58. The van der Waals surface area contributed by atoms with Crippen molar-refractivity contribution in [1.29, 1.82) is 0 Å². The highest BCUT2D eigenvalue weighted by atomic mass is 16.3. The molecule has 0 aromatic carbocycles. The lowest BCUT2D eigenvalue weighted by molar-refractivity contribution is -0.0340. The fourth-order valence-corrected chi connectivity index (χ4v) is 6.18. The maximum atomic E-state index is 11.1. The zero-order chi connectivity index (χ0) is 13.6. The summed E-state index contributed by atoms with van der Waals surface area (Å²) in [5.74, 6) is 2.83. The fourth-order valence-electron chi connectivity index (χ4n) is 6.18. The van der Waals surface area contributed by atoms with Crippen molar-refractivity contribution in [3.8, 4) is 0 Å². The van der Waals surface area contributed by atoms with Gasteiger partial charge in [0.2, 0.25) is 0 Å². The predicted molar refractivity (Wildman–Crippen MR) is 81.6 cm³/mol. The van der Waals surface area contributed by atoms with Crippen LogP contribution in [0, 0.1) is 17.8 Å². The van der Waals surface area contributed by atoms with Gasteiger partial charge in [0.05, 0.1) is 6.10 Å². The van der Waals surface area contributed by atoms with Gasteiger partial charge in [0.15, 0.2) is 0 Å². The Bertz CT molecular complexity index is 343. The van der Waals surface area contributed by atoms with E-state index in [1.54, 1.807) is 0 Å². The minimum absolute atomic E-state index is 0.0487. The highest BCUT2D eigenvalue weighted by Gasteiger charge is 2.48. The van der Waals surface area contributed by atoms with Gasteiger partial charge in [-0.3, -0.25) is 4.90 Å². The Morgan fingerprint density at radius 2 is 1.75 bits per heavy atom. The molecule has 4 atom stereocenters. The molecule has 3 aliphatic carbocycles. The largest absolute Gasteiger partial charge is 0.391 e. The van der Waals surface area contributed by atoms with E-state index in [1.807, 2.05) is 0 Å². The monoisotopic (exact) mass is 277 g/mol. The van der Waals surface area contributed by atoms with Crippen molar-refractivity contribution in [1.82, 2.24) is 4.90 Å². The van der Waals surface area contributed by atoms with Crippen LogP contribution < -0.4 is 0 Å². The van der Waals surface area contributed by atoms with E-state index < -0.39 is 0 Å². The molecule has 1 heterocycles. The van der Waals surface area contributed by atoms with E-state index in [4.69, 9.17) is 0 Å². The van der Waals surface area contributed by atoms with Crippen LogP contribution in [-0.4, -0.2) is 34.7 Å². The molecule has 1 N–H and O–H groups in total. The van der Waals surface area contributed by atoms with Gasteiger partial charge in [0.25, 0.3) is 0 Å². The van der Waals surface area contributed by atoms with Gasteiger partial charge in [0.1, 0.15) is 0 Å². The lowest BCUT2D eigenvalue weighted by Crippen LogP contribution is -2.54. The minimum Gasteiger partial charge on any atom is -0.391 e. The number of fused-ring (bicyclic) bond motifs is 2. The standard InChI is InChI=1S/C18H31NO/c20-17(13-16-12-14-5-6-15(16)11-14)18(7-1-2-8-18)19-9-3-4-10-19/h14-17,20H,1-13H2. The first-order chi connectivity index (χ1) is 9.78. The first-order valence-corrected chi connectivity index (χ1v) is 9.21. The van der Waals surface area contributed by atoms with Gasteiger partial charge in [-0.25, -0.2) is 0 Å². The molecule has 2 bridgehead atoms. The normalized spacial score (nSPS) is 41.5. The van der Waals surface area contributed by atoms with Crippen LogP contribution in [-0.2, 0) is 0 Å². The minimum atomic E-state index is -0.0487. The quantitative estimate of drug-likeness (QED) is 0.849. The van der Waals surface area contributed by atoms with Crippen LogP contribution in [0.15, 0.2) is 0 Å². The third-order valence-electron chi connectivity index (χ3n) is 7.24. The molecule has 4 unspecified atom stereocenters. The van der Waals surface area contributed by atoms with Crippen LogP contribution in [0.3, 0.4) is 0 Å². The second-order valence-corrected chi connectivity index (χ2v) is 8.19. The molecule has 1 saturated heterocycles. The Labute approximate surface area is 123 Å². The second kappa shape index (κ2) is 5.28. The summed E-state index contributed by atoms with van der Waals surface area (Å²) >= 11 is 0. The zero-order valence-corrected chi connectivity index (χ0v) is 12.9. The van der Waals surface area contributed by atoms with Crippen LogP contribution >= 0.6 is 0 Å². The van der Waals surface area contributed by atoms with Gasteiger partial charge in [-0.15, -0.1) is 0 Å². The number of hydrogen-bond donors (Lipinski definition) is 1. The smallest absolute Gasteiger partial charge is 0.0726 e. The molecular formula is C18H31NO. The summed E-state index contributed by atoms with van der Waals surface area (Å²) in [5.41, 5.74) is 0.179. The number of aliphatic hydroxyl groups is 1. The van der Waals surface area contributed by atoms with Crippen LogP contribution in [0.1, 0.15) is 70.6 Å². The van der Waals surface area contributed by atoms with Crippen molar-refractivity contribution < 1.29 is 5.11 Å². The summed E-state index contributed by atoms with van der Waals surface area (Å²) in [6.45, 7) is 2.49. The van der Waals surface area contributed by atoms with Crippen molar-refractivity contribution in [2.24, 2.45) is 17.8 Å². The summed E-state index contributed by atoms with van der Waals surface area (Å²) in [6, 6.07) is 0. The molecule has 0 spiro atoms. The summed E-state index contributed by atoms with van der Waals surface area (Å²) in [5, 5.41) is 11.1. The summed E-state index contributed by atoms with van der Waals surface area (Å²) in [6.07, 6.45) is 14.8. The molecule has 1 aliphatic heterocycles. The maximum Gasteiger partial charge on any atom is 0.0726 e. The van der Waals surface area contributed by atoms with E-state index in [9.17, 15) is 5.11 Å². The number of nitrogens with zero attached hydrogens (tertiary/aromatic N) is 1. The Morgan fingerprint density at radius 1 is 1.00 bits per heavy atom. The number of hydrogen-bond acceptors (Lipinski definition) is 2. The van der Waals surface area contributed by atoms with Crippen LogP contribution in [0.25, 0.3) is 0 Å². The van der Waals surface area contributed by atoms with Crippen molar-refractivity contribution in [2.45, 2.75) is 82.3 Å². The number of likely N-dealkylation sites (tertiary alicyclic amines) is 1. The van der Waals surface area contributed by atoms with E-state index in [-0.39, 0.29) is 11.6 Å². The Balaban J connectivity index is 1.45. The van der Waals surface area contributed by atoms with E-state index in [2.05, 4.69) is 4.90 Å². The van der Waals surface area contributed by atoms with Gasteiger partial charge in [-0.2, -0.15) is 0 Å². The van der Waals surface area contributed by atoms with Gasteiger partial charge in [0, 0.05) is 5.54 Å². The Morgan fingerprint density at radius 3 is 2.35 bits per heavy atom. The van der Waals surface area contributed by atoms with Gasteiger partial charge in [-0.1, -0.05) is 19.3 Å². The molecule has 4 aliphatic rings. The molecule has 2 heteroatoms. The zero-order valence-electron chi connectivity index (χ0n) is 12.9. The van der Waals surface area contributed by atoms with Gasteiger partial charge >= 0.3 is 0 Å². The van der Waals surface area contributed by atoms with E-state index in [0.29, 0.717) is 0 Å². The lowest BCUT2D eigenvalue weighted by Gasteiger charge is -2.44. The molecule has 0 aromatic heterocycles. The summed E-state index contributed by atoms with van der Waals surface area (Å²) in [4.78, 5) is 2.68. The molecule has 3 saturated carbocycles. The average molecular weight is 277 g/mol. The predicted octanol–water partition coefficient (Wildman–Crippen LogP) is 3.58. The van der Waals surface area contributed by atoms with E-state index in [1.165, 1.54) is 77.3 Å². The van der Waals surface area contributed by atoms with Crippen molar-refractivity contribution in [3.05, 3.63) is 0 Å². The third-order valence-corrected chi connectivity index (χ3v) is 7.24. The molecular weight excluding hydrogens is 246 g/mol. The highest BCUT2D eigenvalue weighted by Crippen LogP contribution is 2.51. The third kappa shape index (κ3) is 2.14. The first kappa shape index (κ1) is 13.6.